The molecule has 0 saturated heterocycles. The van der Waals surface area contributed by atoms with Crippen LogP contribution < -0.4 is 0 Å². The first kappa shape index (κ1) is 13.2. The standard InChI is InChI=1S/C12H15FN2O2S/c1-14-10-12(13)7-8-15(18(14,16)17)9-11-5-3-2-4-6-11/h2-7H,8-10H2,1H3. The summed E-state index contributed by atoms with van der Waals surface area (Å²) >= 11 is 0. The van der Waals surface area contributed by atoms with Crippen LogP contribution in [0.2, 0.25) is 0 Å². The zero-order valence-corrected chi connectivity index (χ0v) is 10.9. The average Bonchev–Trinajstić information content (AvgIpc) is 2.43. The number of halogens is 1. The van der Waals surface area contributed by atoms with E-state index < -0.39 is 16.0 Å². The van der Waals surface area contributed by atoms with Gasteiger partial charge in [-0.15, -0.1) is 0 Å². The minimum atomic E-state index is -3.60. The maximum atomic E-state index is 13.3. The SMILES string of the molecule is CN1CC(F)=CCN(Cc2ccccc2)S1(=O)=O. The molecule has 0 saturated carbocycles. The lowest BCUT2D eigenvalue weighted by atomic mass is 10.2. The Labute approximate surface area is 107 Å². The molecule has 1 heterocycles. The molecule has 1 aromatic rings. The van der Waals surface area contributed by atoms with Gasteiger partial charge < -0.3 is 0 Å². The minimum Gasteiger partial charge on any atom is -0.211 e. The van der Waals surface area contributed by atoms with E-state index in [-0.39, 0.29) is 19.6 Å². The van der Waals surface area contributed by atoms with Crippen molar-refractivity contribution in [1.29, 1.82) is 0 Å². The zero-order valence-electron chi connectivity index (χ0n) is 10.1. The second-order valence-electron chi connectivity index (χ2n) is 4.19. The Morgan fingerprint density at radius 1 is 1.28 bits per heavy atom. The Kier molecular flexibility index (Phi) is 3.79. The van der Waals surface area contributed by atoms with Crippen molar-refractivity contribution < 1.29 is 12.8 Å². The number of hydrogen-bond donors (Lipinski definition) is 0. The molecule has 1 aromatic carbocycles. The molecule has 2 rings (SSSR count). The van der Waals surface area contributed by atoms with Crippen molar-refractivity contribution >= 4 is 10.2 Å². The number of hydrogen-bond acceptors (Lipinski definition) is 2. The third-order valence-corrected chi connectivity index (χ3v) is 4.66. The third-order valence-electron chi connectivity index (χ3n) is 2.81. The third kappa shape index (κ3) is 2.77. The lowest BCUT2D eigenvalue weighted by molar-refractivity contribution is 0.386. The van der Waals surface area contributed by atoms with Gasteiger partial charge in [0, 0.05) is 20.1 Å². The van der Waals surface area contributed by atoms with Crippen LogP contribution in [0, 0.1) is 0 Å². The molecule has 0 aliphatic carbocycles. The van der Waals surface area contributed by atoms with Crippen molar-refractivity contribution in [3.63, 3.8) is 0 Å². The summed E-state index contributed by atoms with van der Waals surface area (Å²) in [7, 11) is -2.21. The molecule has 0 atom stereocenters. The maximum absolute atomic E-state index is 13.3. The molecule has 1 aliphatic heterocycles. The van der Waals surface area contributed by atoms with Crippen LogP contribution in [0.4, 0.5) is 4.39 Å². The molecule has 0 spiro atoms. The monoisotopic (exact) mass is 270 g/mol. The zero-order chi connectivity index (χ0) is 13.2. The van der Waals surface area contributed by atoms with Gasteiger partial charge in [0.15, 0.2) is 0 Å². The molecule has 0 radical (unpaired) electrons. The predicted molar refractivity (Wildman–Crippen MR) is 67.6 cm³/mol. The molecule has 4 nitrogen and oxygen atoms in total. The van der Waals surface area contributed by atoms with Crippen LogP contribution in [0.3, 0.4) is 0 Å². The van der Waals surface area contributed by atoms with Crippen LogP contribution in [0.1, 0.15) is 5.56 Å². The Morgan fingerprint density at radius 2 is 1.94 bits per heavy atom. The minimum absolute atomic E-state index is 0.0629. The molecule has 0 aromatic heterocycles. The number of nitrogens with zero attached hydrogens (tertiary/aromatic N) is 2. The molecule has 98 valence electrons. The average molecular weight is 270 g/mol. The molecule has 0 N–H and O–H groups in total. The van der Waals surface area contributed by atoms with Crippen LogP contribution in [0.25, 0.3) is 0 Å². The normalized spacial score (nSPS) is 21.3. The number of likely N-dealkylation sites (N-methyl/N-ethyl adjacent to an activating group) is 1. The van der Waals surface area contributed by atoms with Crippen LogP contribution in [0.15, 0.2) is 42.2 Å². The van der Waals surface area contributed by atoms with Gasteiger partial charge in [-0.25, -0.2) is 4.39 Å². The van der Waals surface area contributed by atoms with Gasteiger partial charge in [0.2, 0.25) is 0 Å². The molecule has 1 aliphatic rings. The highest BCUT2D eigenvalue weighted by molar-refractivity contribution is 7.86. The van der Waals surface area contributed by atoms with E-state index in [2.05, 4.69) is 0 Å². The van der Waals surface area contributed by atoms with Crippen molar-refractivity contribution in [1.82, 2.24) is 8.61 Å². The van der Waals surface area contributed by atoms with Crippen molar-refractivity contribution in [2.24, 2.45) is 0 Å². The van der Waals surface area contributed by atoms with Crippen molar-refractivity contribution in [3.05, 3.63) is 47.8 Å². The van der Waals surface area contributed by atoms with E-state index in [0.717, 1.165) is 9.87 Å². The fourth-order valence-electron chi connectivity index (χ4n) is 1.78. The second-order valence-corrected chi connectivity index (χ2v) is 6.23. The molecule has 18 heavy (non-hydrogen) atoms. The van der Waals surface area contributed by atoms with E-state index in [1.807, 2.05) is 30.3 Å². The topological polar surface area (TPSA) is 40.6 Å². The highest BCUT2D eigenvalue weighted by Gasteiger charge is 2.29. The fourth-order valence-corrected chi connectivity index (χ4v) is 3.04. The Morgan fingerprint density at radius 3 is 2.61 bits per heavy atom. The van der Waals surface area contributed by atoms with E-state index >= 15 is 0 Å². The van der Waals surface area contributed by atoms with Gasteiger partial charge >= 0.3 is 0 Å². The first-order valence-electron chi connectivity index (χ1n) is 5.60. The summed E-state index contributed by atoms with van der Waals surface area (Å²) < 4.78 is 39.8. The highest BCUT2D eigenvalue weighted by Crippen LogP contribution is 2.17. The first-order valence-corrected chi connectivity index (χ1v) is 7.00. The van der Waals surface area contributed by atoms with Gasteiger partial charge in [0.05, 0.1) is 6.54 Å². The summed E-state index contributed by atoms with van der Waals surface area (Å²) in [6.45, 7) is 0.109. The van der Waals surface area contributed by atoms with E-state index in [9.17, 15) is 12.8 Å². The van der Waals surface area contributed by atoms with Gasteiger partial charge in [0.25, 0.3) is 10.2 Å². The highest BCUT2D eigenvalue weighted by atomic mass is 32.2. The number of rotatable bonds is 2. The molecule has 0 unspecified atom stereocenters. The summed E-state index contributed by atoms with van der Waals surface area (Å²) in [5, 5.41) is 0. The Bertz CT molecular complexity index is 542. The van der Waals surface area contributed by atoms with Gasteiger partial charge in [-0.05, 0) is 11.6 Å². The van der Waals surface area contributed by atoms with Crippen LogP contribution >= 0.6 is 0 Å². The summed E-state index contributed by atoms with van der Waals surface area (Å²) in [6, 6.07) is 9.26. The van der Waals surface area contributed by atoms with E-state index in [0.29, 0.717) is 0 Å². The summed E-state index contributed by atoms with van der Waals surface area (Å²) in [5.41, 5.74) is 0.880. The summed E-state index contributed by atoms with van der Waals surface area (Å²) in [6.07, 6.45) is 1.31. The molecular formula is C12H15FN2O2S. The predicted octanol–water partition coefficient (Wildman–Crippen LogP) is 1.53. The number of benzene rings is 1. The van der Waals surface area contributed by atoms with Crippen molar-refractivity contribution in [2.45, 2.75) is 6.54 Å². The van der Waals surface area contributed by atoms with E-state index in [1.165, 1.54) is 17.4 Å². The maximum Gasteiger partial charge on any atom is 0.282 e. The van der Waals surface area contributed by atoms with E-state index in [1.54, 1.807) is 0 Å². The lowest BCUT2D eigenvalue weighted by Crippen LogP contribution is -2.40. The van der Waals surface area contributed by atoms with Crippen LogP contribution in [0.5, 0.6) is 0 Å². The van der Waals surface area contributed by atoms with Gasteiger partial charge in [-0.1, -0.05) is 30.3 Å². The molecule has 0 amide bonds. The quantitative estimate of drug-likeness (QED) is 0.817. The van der Waals surface area contributed by atoms with Crippen molar-refractivity contribution in [2.75, 3.05) is 20.1 Å². The Hall–Kier alpha value is -1.24. The molecule has 6 heteroatoms. The van der Waals surface area contributed by atoms with Crippen LogP contribution in [-0.2, 0) is 16.8 Å². The fraction of sp³-hybridized carbons (Fsp3) is 0.333. The van der Waals surface area contributed by atoms with Gasteiger partial charge in [0.1, 0.15) is 5.83 Å². The van der Waals surface area contributed by atoms with Crippen molar-refractivity contribution in [3.8, 4) is 0 Å². The van der Waals surface area contributed by atoms with Gasteiger partial charge in [-0.3, -0.25) is 0 Å². The molecule has 0 bridgehead atoms. The smallest absolute Gasteiger partial charge is 0.211 e. The lowest BCUT2D eigenvalue weighted by Gasteiger charge is -2.24. The van der Waals surface area contributed by atoms with Crippen LogP contribution in [-0.4, -0.2) is 37.2 Å². The summed E-state index contributed by atoms with van der Waals surface area (Å²) in [5.74, 6) is -0.420. The van der Waals surface area contributed by atoms with Gasteiger partial charge in [-0.2, -0.15) is 17.0 Å². The first-order chi connectivity index (χ1) is 8.50. The second kappa shape index (κ2) is 5.17. The Balaban J connectivity index is 2.25. The van der Waals surface area contributed by atoms with E-state index in [4.69, 9.17) is 0 Å². The molecular weight excluding hydrogens is 255 g/mol. The largest absolute Gasteiger partial charge is 0.282 e. The molecule has 0 fully saturated rings. The summed E-state index contributed by atoms with van der Waals surface area (Å²) in [4.78, 5) is 0.